The van der Waals surface area contributed by atoms with Gasteiger partial charge in [0.15, 0.2) is 0 Å². The molecule has 0 aromatic heterocycles. The van der Waals surface area contributed by atoms with Crippen LogP contribution >= 0.6 is 0 Å². The first-order chi connectivity index (χ1) is 8.52. The van der Waals surface area contributed by atoms with E-state index < -0.39 is 0 Å². The van der Waals surface area contributed by atoms with Gasteiger partial charge in [-0.25, -0.2) is 0 Å². The van der Waals surface area contributed by atoms with Crippen LogP contribution in [0.3, 0.4) is 0 Å². The molecule has 0 spiro atoms. The molecule has 0 aromatic carbocycles. The van der Waals surface area contributed by atoms with Crippen LogP contribution in [0.4, 0.5) is 0 Å². The van der Waals surface area contributed by atoms with Crippen molar-refractivity contribution in [3.05, 3.63) is 0 Å². The third-order valence-corrected chi connectivity index (χ3v) is 5.33. The van der Waals surface area contributed by atoms with Crippen molar-refractivity contribution in [3.8, 4) is 0 Å². The van der Waals surface area contributed by atoms with Crippen LogP contribution in [0.1, 0.15) is 47.5 Å². The Balaban J connectivity index is 1.94. The summed E-state index contributed by atoms with van der Waals surface area (Å²) < 4.78 is 0. The van der Waals surface area contributed by atoms with E-state index in [0.29, 0.717) is 6.04 Å². The largest absolute Gasteiger partial charge is 0.311 e. The van der Waals surface area contributed by atoms with Crippen LogP contribution in [0.25, 0.3) is 0 Å². The molecule has 1 aliphatic heterocycles. The zero-order valence-electron chi connectivity index (χ0n) is 12.9. The van der Waals surface area contributed by atoms with Crippen LogP contribution in [0.2, 0.25) is 0 Å². The van der Waals surface area contributed by atoms with Gasteiger partial charge in [0, 0.05) is 31.7 Å². The Morgan fingerprint density at radius 3 is 2.44 bits per heavy atom. The molecule has 18 heavy (non-hydrogen) atoms. The highest BCUT2D eigenvalue weighted by molar-refractivity contribution is 4.93. The van der Waals surface area contributed by atoms with Crippen molar-refractivity contribution in [1.82, 2.24) is 10.2 Å². The molecule has 0 amide bonds. The number of hydrogen-bond donors (Lipinski definition) is 1. The highest BCUT2D eigenvalue weighted by atomic mass is 15.2. The molecule has 5 atom stereocenters. The van der Waals surface area contributed by atoms with Gasteiger partial charge in [0.25, 0.3) is 0 Å². The van der Waals surface area contributed by atoms with Gasteiger partial charge < -0.3 is 5.32 Å². The maximum atomic E-state index is 3.79. The van der Waals surface area contributed by atoms with Crippen molar-refractivity contribution in [2.75, 3.05) is 19.6 Å². The van der Waals surface area contributed by atoms with E-state index >= 15 is 0 Å². The fraction of sp³-hybridized carbons (Fsp3) is 1.00. The lowest BCUT2D eigenvalue weighted by molar-refractivity contribution is 0.0765. The quantitative estimate of drug-likeness (QED) is 0.809. The second kappa shape index (κ2) is 5.92. The van der Waals surface area contributed by atoms with Crippen molar-refractivity contribution >= 4 is 0 Å². The SMILES string of the molecule is CCC(C)C1CN(CC2CC2C)C(C(C)C)CN1. The van der Waals surface area contributed by atoms with Gasteiger partial charge in [-0.2, -0.15) is 0 Å². The van der Waals surface area contributed by atoms with Crippen LogP contribution in [-0.2, 0) is 0 Å². The summed E-state index contributed by atoms with van der Waals surface area (Å²) in [7, 11) is 0. The Morgan fingerprint density at radius 2 is 1.94 bits per heavy atom. The third kappa shape index (κ3) is 3.27. The van der Waals surface area contributed by atoms with Gasteiger partial charge in [-0.05, 0) is 30.1 Å². The molecule has 2 nitrogen and oxygen atoms in total. The summed E-state index contributed by atoms with van der Waals surface area (Å²) in [4.78, 5) is 2.80. The van der Waals surface area contributed by atoms with E-state index in [2.05, 4.69) is 44.8 Å². The average Bonchev–Trinajstić information content (AvgIpc) is 3.03. The van der Waals surface area contributed by atoms with E-state index in [1.165, 1.54) is 32.5 Å². The fourth-order valence-corrected chi connectivity index (χ4v) is 3.34. The first-order valence-corrected chi connectivity index (χ1v) is 8.00. The number of nitrogens with zero attached hydrogens (tertiary/aromatic N) is 1. The second-order valence-electron chi connectivity index (χ2n) is 7.14. The predicted octanol–water partition coefficient (Wildman–Crippen LogP) is 2.99. The highest BCUT2D eigenvalue weighted by Gasteiger charge is 2.38. The number of rotatable bonds is 5. The third-order valence-electron chi connectivity index (χ3n) is 5.33. The first-order valence-electron chi connectivity index (χ1n) is 8.00. The van der Waals surface area contributed by atoms with E-state index in [1.54, 1.807) is 0 Å². The summed E-state index contributed by atoms with van der Waals surface area (Å²) in [5, 5.41) is 3.79. The van der Waals surface area contributed by atoms with Gasteiger partial charge in [0.05, 0.1) is 0 Å². The Labute approximate surface area is 114 Å². The molecule has 1 saturated heterocycles. The number of nitrogens with one attached hydrogen (secondary N) is 1. The lowest BCUT2D eigenvalue weighted by Gasteiger charge is -2.44. The zero-order chi connectivity index (χ0) is 13.3. The Kier molecular flexibility index (Phi) is 4.71. The van der Waals surface area contributed by atoms with Crippen LogP contribution in [0, 0.1) is 23.7 Å². The summed E-state index contributed by atoms with van der Waals surface area (Å²) in [5.41, 5.74) is 0. The van der Waals surface area contributed by atoms with Crippen molar-refractivity contribution in [2.45, 2.75) is 59.5 Å². The van der Waals surface area contributed by atoms with Gasteiger partial charge >= 0.3 is 0 Å². The number of piperazine rings is 1. The van der Waals surface area contributed by atoms with Crippen molar-refractivity contribution in [1.29, 1.82) is 0 Å². The van der Waals surface area contributed by atoms with Crippen LogP contribution in [0.15, 0.2) is 0 Å². The maximum Gasteiger partial charge on any atom is 0.0244 e. The molecular weight excluding hydrogens is 220 g/mol. The minimum atomic E-state index is 0.707. The van der Waals surface area contributed by atoms with Crippen LogP contribution < -0.4 is 5.32 Å². The molecule has 2 rings (SSSR count). The lowest BCUT2D eigenvalue weighted by Crippen LogP contribution is -2.60. The molecule has 5 unspecified atom stereocenters. The molecule has 1 heterocycles. The molecule has 106 valence electrons. The Morgan fingerprint density at radius 1 is 1.28 bits per heavy atom. The lowest BCUT2D eigenvalue weighted by atomic mass is 9.92. The molecule has 1 N–H and O–H groups in total. The highest BCUT2D eigenvalue weighted by Crippen LogP contribution is 2.39. The van der Waals surface area contributed by atoms with Crippen molar-refractivity contribution in [2.24, 2.45) is 23.7 Å². The van der Waals surface area contributed by atoms with E-state index in [9.17, 15) is 0 Å². The first kappa shape index (κ1) is 14.3. The molecule has 2 fully saturated rings. The van der Waals surface area contributed by atoms with Gasteiger partial charge in [0.2, 0.25) is 0 Å². The normalized spacial score (nSPS) is 39.0. The summed E-state index contributed by atoms with van der Waals surface area (Å²) in [6.45, 7) is 15.7. The molecule has 1 aliphatic carbocycles. The summed E-state index contributed by atoms with van der Waals surface area (Å²) in [6, 6.07) is 1.46. The molecule has 0 radical (unpaired) electrons. The molecule has 2 aliphatic rings. The minimum Gasteiger partial charge on any atom is -0.311 e. The standard InChI is InChI=1S/C16H32N2/c1-6-12(4)15-10-18(9-14-7-13(14)5)16(8-17-15)11(2)3/h11-17H,6-10H2,1-5H3. The van der Waals surface area contributed by atoms with E-state index in [0.717, 1.165) is 29.7 Å². The van der Waals surface area contributed by atoms with Crippen LogP contribution in [0.5, 0.6) is 0 Å². The predicted molar refractivity (Wildman–Crippen MR) is 78.7 cm³/mol. The van der Waals surface area contributed by atoms with E-state index in [-0.39, 0.29) is 0 Å². The molecule has 2 heteroatoms. The Bertz CT molecular complexity index is 264. The molecular formula is C16H32N2. The van der Waals surface area contributed by atoms with Gasteiger partial charge in [0.1, 0.15) is 0 Å². The Hall–Kier alpha value is -0.0800. The second-order valence-corrected chi connectivity index (χ2v) is 7.14. The molecule has 0 bridgehead atoms. The maximum absolute atomic E-state index is 3.79. The molecule has 1 saturated carbocycles. The van der Waals surface area contributed by atoms with E-state index in [4.69, 9.17) is 0 Å². The van der Waals surface area contributed by atoms with Gasteiger partial charge in [-0.1, -0.05) is 41.0 Å². The van der Waals surface area contributed by atoms with Crippen molar-refractivity contribution < 1.29 is 0 Å². The monoisotopic (exact) mass is 252 g/mol. The van der Waals surface area contributed by atoms with Crippen LogP contribution in [-0.4, -0.2) is 36.6 Å². The summed E-state index contributed by atoms with van der Waals surface area (Å²) >= 11 is 0. The fourth-order valence-electron chi connectivity index (χ4n) is 3.34. The smallest absolute Gasteiger partial charge is 0.0244 e. The van der Waals surface area contributed by atoms with Gasteiger partial charge in [-0.3, -0.25) is 4.90 Å². The zero-order valence-corrected chi connectivity index (χ0v) is 12.9. The molecule has 0 aromatic rings. The van der Waals surface area contributed by atoms with Gasteiger partial charge in [-0.15, -0.1) is 0 Å². The number of hydrogen-bond acceptors (Lipinski definition) is 2. The summed E-state index contributed by atoms with van der Waals surface area (Å²) in [6.07, 6.45) is 2.75. The minimum absolute atomic E-state index is 0.707. The van der Waals surface area contributed by atoms with Crippen molar-refractivity contribution in [3.63, 3.8) is 0 Å². The topological polar surface area (TPSA) is 15.3 Å². The summed E-state index contributed by atoms with van der Waals surface area (Å²) in [5.74, 6) is 3.54. The van der Waals surface area contributed by atoms with E-state index in [1.807, 2.05) is 0 Å². The average molecular weight is 252 g/mol.